The summed E-state index contributed by atoms with van der Waals surface area (Å²) in [5, 5.41) is 0. The van der Waals surface area contributed by atoms with Crippen LogP contribution in [0.15, 0.2) is 53.4 Å². The molecule has 0 heterocycles. The second-order valence-corrected chi connectivity index (χ2v) is 7.90. The molecule has 1 fully saturated rings. The molecule has 1 aliphatic rings. The fourth-order valence-electron chi connectivity index (χ4n) is 2.77. The van der Waals surface area contributed by atoms with E-state index in [4.69, 9.17) is 10.5 Å². The first-order valence-electron chi connectivity index (χ1n) is 7.99. The lowest BCUT2D eigenvalue weighted by Crippen LogP contribution is -2.38. The molecule has 0 unspecified atom stereocenters. The van der Waals surface area contributed by atoms with Crippen molar-refractivity contribution in [2.24, 2.45) is 5.92 Å². The summed E-state index contributed by atoms with van der Waals surface area (Å²) in [6.07, 6.45) is 2.76. The topological polar surface area (TPSA) is 81.4 Å². The lowest BCUT2D eigenvalue weighted by molar-refractivity contribution is 0.413. The van der Waals surface area contributed by atoms with Gasteiger partial charge in [0, 0.05) is 11.7 Å². The first kappa shape index (κ1) is 16.8. The molecule has 24 heavy (non-hydrogen) atoms. The SMILES string of the molecule is COc1cccc(C[C@H](NS(=O)(=O)c2ccc(N)cc2)C2CC2)c1. The Labute approximate surface area is 142 Å². The Morgan fingerprint density at radius 2 is 1.92 bits per heavy atom. The van der Waals surface area contributed by atoms with Gasteiger partial charge < -0.3 is 10.5 Å². The molecule has 0 amide bonds. The zero-order chi connectivity index (χ0) is 17.2. The van der Waals surface area contributed by atoms with Crippen LogP contribution >= 0.6 is 0 Å². The molecule has 0 bridgehead atoms. The number of rotatable bonds is 7. The summed E-state index contributed by atoms with van der Waals surface area (Å²) >= 11 is 0. The fourth-order valence-corrected chi connectivity index (χ4v) is 4.08. The maximum atomic E-state index is 12.6. The first-order valence-corrected chi connectivity index (χ1v) is 9.47. The summed E-state index contributed by atoms with van der Waals surface area (Å²) in [5.41, 5.74) is 7.24. The van der Waals surface area contributed by atoms with Gasteiger partial charge in [-0.3, -0.25) is 0 Å². The van der Waals surface area contributed by atoms with E-state index in [1.807, 2.05) is 24.3 Å². The average molecular weight is 346 g/mol. The van der Waals surface area contributed by atoms with Gasteiger partial charge in [-0.2, -0.15) is 0 Å². The standard InChI is InChI=1S/C18H22N2O3S/c1-23-16-4-2-3-13(11-16)12-18(14-5-6-14)20-24(21,22)17-9-7-15(19)8-10-17/h2-4,7-11,14,18,20H,5-6,12,19H2,1H3/t18-/m0/s1. The van der Waals surface area contributed by atoms with Crippen LogP contribution in [-0.2, 0) is 16.4 Å². The Hall–Kier alpha value is -2.05. The summed E-state index contributed by atoms with van der Waals surface area (Å²) in [7, 11) is -1.93. The molecule has 1 atom stereocenters. The van der Waals surface area contributed by atoms with Crippen molar-refractivity contribution >= 4 is 15.7 Å². The van der Waals surface area contributed by atoms with Gasteiger partial charge in [-0.15, -0.1) is 0 Å². The number of nitrogens with two attached hydrogens (primary N) is 1. The van der Waals surface area contributed by atoms with Crippen LogP contribution in [-0.4, -0.2) is 21.6 Å². The lowest BCUT2D eigenvalue weighted by atomic mass is 10.0. The minimum Gasteiger partial charge on any atom is -0.497 e. The van der Waals surface area contributed by atoms with E-state index in [1.165, 1.54) is 12.1 Å². The van der Waals surface area contributed by atoms with Gasteiger partial charge in [0.2, 0.25) is 10.0 Å². The number of benzene rings is 2. The highest BCUT2D eigenvalue weighted by molar-refractivity contribution is 7.89. The van der Waals surface area contributed by atoms with Gasteiger partial charge >= 0.3 is 0 Å². The average Bonchev–Trinajstić information content (AvgIpc) is 3.39. The van der Waals surface area contributed by atoms with Crippen molar-refractivity contribution in [2.75, 3.05) is 12.8 Å². The maximum absolute atomic E-state index is 12.6. The van der Waals surface area contributed by atoms with E-state index >= 15 is 0 Å². The van der Waals surface area contributed by atoms with Crippen molar-refractivity contribution in [3.63, 3.8) is 0 Å². The van der Waals surface area contributed by atoms with Crippen LogP contribution < -0.4 is 15.2 Å². The molecule has 1 aliphatic carbocycles. The van der Waals surface area contributed by atoms with E-state index in [-0.39, 0.29) is 10.9 Å². The van der Waals surface area contributed by atoms with Crippen LogP contribution in [0, 0.1) is 5.92 Å². The van der Waals surface area contributed by atoms with E-state index in [1.54, 1.807) is 19.2 Å². The fraction of sp³-hybridized carbons (Fsp3) is 0.333. The predicted molar refractivity (Wildman–Crippen MR) is 94.4 cm³/mol. The Kier molecular flexibility index (Phi) is 4.78. The molecular weight excluding hydrogens is 324 g/mol. The molecule has 2 aromatic rings. The quantitative estimate of drug-likeness (QED) is 0.755. The molecule has 3 N–H and O–H groups in total. The van der Waals surface area contributed by atoms with Crippen LogP contribution in [0.1, 0.15) is 18.4 Å². The van der Waals surface area contributed by atoms with Crippen molar-refractivity contribution in [3.8, 4) is 5.75 Å². The second-order valence-electron chi connectivity index (χ2n) is 6.19. The minimum atomic E-state index is -3.55. The number of methoxy groups -OCH3 is 1. The molecule has 0 radical (unpaired) electrons. The van der Waals surface area contributed by atoms with Crippen molar-refractivity contribution in [3.05, 3.63) is 54.1 Å². The molecule has 0 aromatic heterocycles. The number of hydrogen-bond acceptors (Lipinski definition) is 4. The molecular formula is C18H22N2O3S. The molecule has 2 aromatic carbocycles. The van der Waals surface area contributed by atoms with Gasteiger partial charge in [0.15, 0.2) is 0 Å². The summed E-state index contributed by atoms with van der Waals surface area (Å²) in [4.78, 5) is 0.244. The number of nitrogen functional groups attached to an aromatic ring is 1. The molecule has 128 valence electrons. The third-order valence-electron chi connectivity index (χ3n) is 4.28. The lowest BCUT2D eigenvalue weighted by Gasteiger charge is -2.19. The summed E-state index contributed by atoms with van der Waals surface area (Å²) in [5.74, 6) is 1.17. The number of nitrogens with one attached hydrogen (secondary N) is 1. The zero-order valence-electron chi connectivity index (χ0n) is 13.6. The molecule has 5 nitrogen and oxygen atoms in total. The summed E-state index contributed by atoms with van der Waals surface area (Å²) in [6.45, 7) is 0. The molecule has 1 saturated carbocycles. The number of anilines is 1. The van der Waals surface area contributed by atoms with Crippen LogP contribution in [0.3, 0.4) is 0 Å². The second kappa shape index (κ2) is 6.83. The Balaban J connectivity index is 1.77. The highest BCUT2D eigenvalue weighted by atomic mass is 32.2. The maximum Gasteiger partial charge on any atom is 0.240 e. The smallest absolute Gasteiger partial charge is 0.240 e. The van der Waals surface area contributed by atoms with E-state index < -0.39 is 10.0 Å². The summed E-state index contributed by atoms with van der Waals surface area (Å²) in [6, 6.07) is 13.9. The molecule has 6 heteroatoms. The Bertz CT molecular complexity index is 799. The third-order valence-corrected chi connectivity index (χ3v) is 5.78. The minimum absolute atomic E-state index is 0.111. The van der Waals surface area contributed by atoms with E-state index in [2.05, 4.69) is 4.72 Å². The highest BCUT2D eigenvalue weighted by Crippen LogP contribution is 2.35. The highest BCUT2D eigenvalue weighted by Gasteiger charge is 2.34. The Morgan fingerprint density at radius 3 is 2.54 bits per heavy atom. The molecule has 3 rings (SSSR count). The van der Waals surface area contributed by atoms with Crippen molar-refractivity contribution in [1.29, 1.82) is 0 Å². The van der Waals surface area contributed by atoms with E-state index in [9.17, 15) is 8.42 Å². The number of hydrogen-bond donors (Lipinski definition) is 2. The van der Waals surface area contributed by atoms with E-state index in [0.717, 1.165) is 24.2 Å². The van der Waals surface area contributed by atoms with Gasteiger partial charge in [0.25, 0.3) is 0 Å². The van der Waals surface area contributed by atoms with Crippen LogP contribution in [0.4, 0.5) is 5.69 Å². The van der Waals surface area contributed by atoms with E-state index in [0.29, 0.717) is 18.0 Å². The van der Waals surface area contributed by atoms with Crippen LogP contribution in [0.25, 0.3) is 0 Å². The molecule has 0 aliphatic heterocycles. The van der Waals surface area contributed by atoms with Crippen LogP contribution in [0.2, 0.25) is 0 Å². The summed E-state index contributed by atoms with van der Waals surface area (Å²) < 4.78 is 33.4. The molecule has 0 saturated heterocycles. The Morgan fingerprint density at radius 1 is 1.21 bits per heavy atom. The van der Waals surface area contributed by atoms with Gasteiger partial charge in [-0.1, -0.05) is 12.1 Å². The first-order chi connectivity index (χ1) is 11.5. The van der Waals surface area contributed by atoms with Gasteiger partial charge in [0.05, 0.1) is 12.0 Å². The predicted octanol–water partition coefficient (Wildman–Crippen LogP) is 2.58. The normalized spacial score (nSPS) is 15.9. The third kappa shape index (κ3) is 4.07. The number of ether oxygens (including phenoxy) is 1. The number of sulfonamides is 1. The van der Waals surface area contributed by atoms with Crippen molar-refractivity contribution in [2.45, 2.75) is 30.2 Å². The van der Waals surface area contributed by atoms with Crippen molar-refractivity contribution < 1.29 is 13.2 Å². The van der Waals surface area contributed by atoms with Gasteiger partial charge in [0.1, 0.15) is 5.75 Å². The zero-order valence-corrected chi connectivity index (χ0v) is 14.4. The monoisotopic (exact) mass is 346 g/mol. The van der Waals surface area contributed by atoms with Crippen LogP contribution in [0.5, 0.6) is 5.75 Å². The largest absolute Gasteiger partial charge is 0.497 e. The van der Waals surface area contributed by atoms with Crippen molar-refractivity contribution in [1.82, 2.24) is 4.72 Å². The van der Waals surface area contributed by atoms with Gasteiger partial charge in [-0.05, 0) is 67.1 Å². The van der Waals surface area contributed by atoms with Gasteiger partial charge in [-0.25, -0.2) is 13.1 Å². The molecule has 0 spiro atoms.